The fourth-order valence-corrected chi connectivity index (χ4v) is 5.79. The topological polar surface area (TPSA) is 16.1 Å². The van der Waals surface area contributed by atoms with Gasteiger partial charge in [-0.15, -0.1) is 0 Å². The van der Waals surface area contributed by atoms with Gasteiger partial charge in [0.05, 0.1) is 5.69 Å². The van der Waals surface area contributed by atoms with Crippen molar-refractivity contribution >= 4 is 0 Å². The molecule has 1 saturated carbocycles. The van der Waals surface area contributed by atoms with Crippen molar-refractivity contribution in [2.45, 2.75) is 72.4 Å². The Balaban J connectivity index is 1.49. The summed E-state index contributed by atoms with van der Waals surface area (Å²) >= 11 is 0. The Kier molecular flexibility index (Phi) is 5.90. The molecule has 2 heterocycles. The molecule has 2 nitrogen and oxygen atoms in total. The van der Waals surface area contributed by atoms with Crippen molar-refractivity contribution in [3.8, 4) is 11.3 Å². The van der Waals surface area contributed by atoms with Crippen molar-refractivity contribution in [3.05, 3.63) is 87.6 Å². The molecule has 2 aromatic carbocycles. The number of pyridine rings is 1. The van der Waals surface area contributed by atoms with Gasteiger partial charge in [-0.05, 0) is 91.3 Å². The first-order chi connectivity index (χ1) is 15.6. The zero-order valence-electron chi connectivity index (χ0n) is 20.1. The minimum absolute atomic E-state index is 0.575. The number of rotatable bonds is 6. The third kappa shape index (κ3) is 3.90. The maximum Gasteiger partial charge on any atom is 0.0713 e. The monoisotopic (exact) mass is 424 g/mol. The lowest BCUT2D eigenvalue weighted by Crippen LogP contribution is -2.36. The predicted octanol–water partition coefficient (Wildman–Crippen LogP) is 7.00. The Hall–Kier alpha value is -2.45. The van der Waals surface area contributed by atoms with Crippen LogP contribution in [0.5, 0.6) is 0 Å². The van der Waals surface area contributed by atoms with Crippen LogP contribution in [0.15, 0.2) is 48.5 Å². The van der Waals surface area contributed by atoms with E-state index in [1.165, 1.54) is 46.4 Å². The van der Waals surface area contributed by atoms with Crippen molar-refractivity contribution < 1.29 is 0 Å². The van der Waals surface area contributed by atoms with Gasteiger partial charge < -0.3 is 0 Å². The maximum absolute atomic E-state index is 5.19. The molecule has 166 valence electrons. The van der Waals surface area contributed by atoms with Crippen LogP contribution >= 0.6 is 0 Å². The number of fused-ring (bicyclic) bond motifs is 1. The summed E-state index contributed by atoms with van der Waals surface area (Å²) in [5, 5.41) is 0. The minimum Gasteiger partial charge on any atom is -0.291 e. The van der Waals surface area contributed by atoms with E-state index in [1.54, 1.807) is 11.1 Å². The molecule has 1 fully saturated rings. The van der Waals surface area contributed by atoms with Crippen LogP contribution in [0.2, 0.25) is 0 Å². The van der Waals surface area contributed by atoms with Gasteiger partial charge in [-0.1, -0.05) is 56.3 Å². The Morgan fingerprint density at radius 3 is 2.31 bits per heavy atom. The van der Waals surface area contributed by atoms with Gasteiger partial charge in [0.15, 0.2) is 0 Å². The molecule has 0 saturated heterocycles. The minimum atomic E-state index is 0.575. The molecular formula is C30H36N2. The lowest BCUT2D eigenvalue weighted by Gasteiger charge is -2.38. The summed E-state index contributed by atoms with van der Waals surface area (Å²) in [5.41, 5.74) is 12.5. The van der Waals surface area contributed by atoms with Crippen LogP contribution in [0, 0.1) is 19.8 Å². The van der Waals surface area contributed by atoms with Crippen molar-refractivity contribution in [1.29, 1.82) is 0 Å². The first kappa shape index (κ1) is 21.4. The number of benzene rings is 2. The van der Waals surface area contributed by atoms with E-state index in [9.17, 15) is 0 Å². The number of hydrogen-bond acceptors (Lipinski definition) is 2. The molecule has 1 unspecified atom stereocenters. The zero-order chi connectivity index (χ0) is 22.2. The molecule has 32 heavy (non-hydrogen) atoms. The van der Waals surface area contributed by atoms with Crippen LogP contribution in [0.1, 0.15) is 71.8 Å². The lowest BCUT2D eigenvalue weighted by molar-refractivity contribution is 0.156. The highest BCUT2D eigenvalue weighted by Gasteiger charge is 2.39. The molecule has 1 aliphatic heterocycles. The maximum atomic E-state index is 5.19. The number of nitrogens with zero attached hydrogens (tertiary/aromatic N) is 2. The SMILES string of the molecule is CCc1cccc(CC)c1-c1cc(C)c(CN2CCc3ccccc3C2C2CC2)c(C)n1. The summed E-state index contributed by atoms with van der Waals surface area (Å²) in [7, 11) is 0. The van der Waals surface area contributed by atoms with Crippen molar-refractivity contribution in [2.24, 2.45) is 5.92 Å². The molecule has 0 amide bonds. The normalized spacial score (nSPS) is 18.6. The van der Waals surface area contributed by atoms with Crippen LogP contribution in [-0.4, -0.2) is 16.4 Å². The molecule has 0 N–H and O–H groups in total. The molecule has 1 atom stereocenters. The fourth-order valence-electron chi connectivity index (χ4n) is 5.79. The molecule has 2 heteroatoms. The van der Waals surface area contributed by atoms with Crippen molar-refractivity contribution in [1.82, 2.24) is 9.88 Å². The predicted molar refractivity (Wildman–Crippen MR) is 134 cm³/mol. The highest BCUT2D eigenvalue weighted by Crippen LogP contribution is 2.48. The second-order valence-corrected chi connectivity index (χ2v) is 9.75. The van der Waals surface area contributed by atoms with Crippen LogP contribution in [0.3, 0.4) is 0 Å². The fraction of sp³-hybridized carbons (Fsp3) is 0.433. The third-order valence-electron chi connectivity index (χ3n) is 7.67. The van der Waals surface area contributed by atoms with Gasteiger partial charge in [-0.25, -0.2) is 0 Å². The van der Waals surface area contributed by atoms with E-state index >= 15 is 0 Å². The largest absolute Gasteiger partial charge is 0.291 e. The molecule has 3 aromatic rings. The van der Waals surface area contributed by atoms with Crippen LogP contribution in [0.25, 0.3) is 11.3 Å². The van der Waals surface area contributed by atoms with Gasteiger partial charge in [-0.3, -0.25) is 9.88 Å². The quantitative estimate of drug-likeness (QED) is 0.423. The first-order valence-electron chi connectivity index (χ1n) is 12.5. The molecular weight excluding hydrogens is 388 g/mol. The van der Waals surface area contributed by atoms with E-state index in [2.05, 4.69) is 81.1 Å². The van der Waals surface area contributed by atoms with Gasteiger partial charge in [0, 0.05) is 30.4 Å². The highest BCUT2D eigenvalue weighted by atomic mass is 15.2. The van der Waals surface area contributed by atoms with Gasteiger partial charge in [0.1, 0.15) is 0 Å². The van der Waals surface area contributed by atoms with Gasteiger partial charge in [0.2, 0.25) is 0 Å². The second-order valence-electron chi connectivity index (χ2n) is 9.75. The first-order valence-corrected chi connectivity index (χ1v) is 12.5. The smallest absolute Gasteiger partial charge is 0.0713 e. The van der Waals surface area contributed by atoms with Gasteiger partial charge >= 0.3 is 0 Å². The summed E-state index contributed by atoms with van der Waals surface area (Å²) in [4.78, 5) is 7.93. The van der Waals surface area contributed by atoms with E-state index in [4.69, 9.17) is 4.98 Å². The number of aromatic nitrogens is 1. The standard InChI is InChI=1S/C30H36N2/c1-5-22-11-9-12-23(6-2)29(22)28-18-20(3)27(21(4)31-28)19-32-17-16-24-10-7-8-13-26(24)30(32)25-14-15-25/h7-13,18,25,30H,5-6,14-17,19H2,1-4H3. The summed E-state index contributed by atoms with van der Waals surface area (Å²) < 4.78 is 0. The molecule has 0 bridgehead atoms. The highest BCUT2D eigenvalue weighted by molar-refractivity contribution is 5.69. The van der Waals surface area contributed by atoms with E-state index in [1.807, 2.05) is 0 Å². The van der Waals surface area contributed by atoms with Crippen molar-refractivity contribution in [3.63, 3.8) is 0 Å². The molecule has 5 rings (SSSR count). The molecule has 2 aliphatic rings. The van der Waals surface area contributed by atoms with E-state index in [0.717, 1.165) is 44.0 Å². The Bertz CT molecular complexity index is 1080. The zero-order valence-corrected chi connectivity index (χ0v) is 20.1. The third-order valence-corrected chi connectivity index (χ3v) is 7.67. The Morgan fingerprint density at radius 2 is 1.66 bits per heavy atom. The summed E-state index contributed by atoms with van der Waals surface area (Å²) in [6, 6.07) is 18.8. The Morgan fingerprint density at radius 1 is 0.938 bits per heavy atom. The molecule has 1 aromatic heterocycles. The van der Waals surface area contributed by atoms with E-state index in [0.29, 0.717) is 6.04 Å². The van der Waals surface area contributed by atoms with Crippen LogP contribution < -0.4 is 0 Å². The van der Waals surface area contributed by atoms with Crippen LogP contribution in [-0.2, 0) is 25.8 Å². The summed E-state index contributed by atoms with van der Waals surface area (Å²) in [5.74, 6) is 0.827. The van der Waals surface area contributed by atoms with Gasteiger partial charge in [-0.2, -0.15) is 0 Å². The second kappa shape index (κ2) is 8.83. The Labute approximate surface area is 193 Å². The average Bonchev–Trinajstić information content (AvgIpc) is 3.65. The summed E-state index contributed by atoms with van der Waals surface area (Å²) in [6.07, 6.45) is 5.99. The number of hydrogen-bond donors (Lipinski definition) is 0. The summed E-state index contributed by atoms with van der Waals surface area (Å²) in [6.45, 7) is 11.2. The molecule has 0 spiro atoms. The lowest BCUT2D eigenvalue weighted by atomic mass is 9.89. The average molecular weight is 425 g/mol. The molecule has 0 radical (unpaired) electrons. The number of aryl methyl sites for hydroxylation is 4. The van der Waals surface area contributed by atoms with E-state index in [-0.39, 0.29) is 0 Å². The van der Waals surface area contributed by atoms with E-state index < -0.39 is 0 Å². The molecule has 1 aliphatic carbocycles. The van der Waals surface area contributed by atoms with Crippen molar-refractivity contribution in [2.75, 3.05) is 6.54 Å². The van der Waals surface area contributed by atoms with Gasteiger partial charge in [0.25, 0.3) is 0 Å². The van der Waals surface area contributed by atoms with Crippen LogP contribution in [0.4, 0.5) is 0 Å².